The first-order valence-electron chi connectivity index (χ1n) is 4.29. The van der Waals surface area contributed by atoms with Gasteiger partial charge in [0.05, 0.1) is 6.42 Å². The summed E-state index contributed by atoms with van der Waals surface area (Å²) in [5.74, 6) is 0.914. The van der Waals surface area contributed by atoms with Gasteiger partial charge in [-0.05, 0) is 31.4 Å². The first-order chi connectivity index (χ1) is 6.00. The van der Waals surface area contributed by atoms with Crippen molar-refractivity contribution in [2.24, 2.45) is 0 Å². The zero-order chi connectivity index (χ0) is 10.0. The molecule has 0 spiro atoms. The molecule has 0 aliphatic heterocycles. The van der Waals surface area contributed by atoms with Crippen LogP contribution in [0.4, 0.5) is 0 Å². The highest BCUT2D eigenvalue weighted by atomic mass is 16.4. The molecule has 0 fully saturated rings. The lowest BCUT2D eigenvalue weighted by atomic mass is 9.98. The summed E-state index contributed by atoms with van der Waals surface area (Å²) in [6.07, 6.45) is 0.153. The van der Waals surface area contributed by atoms with Crippen LogP contribution in [-0.4, -0.2) is 11.1 Å². The Morgan fingerprint density at radius 2 is 2.23 bits per heavy atom. The fourth-order valence-corrected chi connectivity index (χ4v) is 1.51. The van der Waals surface area contributed by atoms with Crippen LogP contribution in [0.3, 0.4) is 0 Å². The van der Waals surface area contributed by atoms with Crippen molar-refractivity contribution in [2.45, 2.75) is 33.1 Å². The maximum absolute atomic E-state index is 10.5. The van der Waals surface area contributed by atoms with E-state index >= 15 is 0 Å². The molecule has 1 aromatic rings. The highest BCUT2D eigenvalue weighted by Crippen LogP contribution is 2.25. The molecule has 1 heterocycles. The van der Waals surface area contributed by atoms with Crippen LogP contribution in [0, 0.1) is 13.8 Å². The number of furan rings is 1. The molecule has 0 bridgehead atoms. The van der Waals surface area contributed by atoms with Crippen molar-refractivity contribution in [3.05, 3.63) is 23.2 Å². The molecule has 0 saturated carbocycles. The van der Waals surface area contributed by atoms with E-state index in [1.165, 1.54) is 0 Å². The number of hydrogen-bond donors (Lipinski definition) is 1. The highest BCUT2D eigenvalue weighted by molar-refractivity contribution is 5.68. The largest absolute Gasteiger partial charge is 0.481 e. The Morgan fingerprint density at radius 3 is 2.62 bits per heavy atom. The lowest BCUT2D eigenvalue weighted by molar-refractivity contribution is -0.137. The molecule has 3 heteroatoms. The summed E-state index contributed by atoms with van der Waals surface area (Å²) in [6.45, 7) is 5.62. The van der Waals surface area contributed by atoms with Gasteiger partial charge in [-0.1, -0.05) is 6.92 Å². The quantitative estimate of drug-likeness (QED) is 0.781. The molecule has 13 heavy (non-hydrogen) atoms. The van der Waals surface area contributed by atoms with Crippen LogP contribution in [0.15, 0.2) is 10.5 Å². The first-order valence-corrected chi connectivity index (χ1v) is 4.29. The predicted octanol–water partition coefficient (Wildman–Crippen LogP) is 2.47. The second-order valence-corrected chi connectivity index (χ2v) is 3.37. The molecule has 1 rings (SSSR count). The van der Waals surface area contributed by atoms with Crippen molar-refractivity contribution < 1.29 is 14.3 Å². The van der Waals surface area contributed by atoms with Gasteiger partial charge in [-0.15, -0.1) is 0 Å². The van der Waals surface area contributed by atoms with Crippen molar-refractivity contribution >= 4 is 5.97 Å². The number of carbonyl (C=O) groups is 1. The maximum atomic E-state index is 10.5. The standard InChI is InChI=1S/C10H14O3/c1-6(4-10(11)12)9-5-7(2)13-8(9)3/h5-6H,4H2,1-3H3,(H,11,12)/t6-/m0/s1. The van der Waals surface area contributed by atoms with E-state index in [1.54, 1.807) is 0 Å². The number of rotatable bonds is 3. The van der Waals surface area contributed by atoms with E-state index in [0.717, 1.165) is 17.1 Å². The minimum absolute atomic E-state index is 0.0231. The van der Waals surface area contributed by atoms with Gasteiger partial charge in [-0.2, -0.15) is 0 Å². The average molecular weight is 182 g/mol. The zero-order valence-corrected chi connectivity index (χ0v) is 8.13. The van der Waals surface area contributed by atoms with Gasteiger partial charge in [-0.25, -0.2) is 0 Å². The fourth-order valence-electron chi connectivity index (χ4n) is 1.51. The fraction of sp³-hybridized carbons (Fsp3) is 0.500. The van der Waals surface area contributed by atoms with E-state index in [0.29, 0.717) is 0 Å². The summed E-state index contributed by atoms with van der Waals surface area (Å²) < 4.78 is 5.32. The molecule has 0 saturated heterocycles. The third kappa shape index (κ3) is 2.34. The van der Waals surface area contributed by atoms with E-state index in [1.807, 2.05) is 26.8 Å². The van der Waals surface area contributed by atoms with Crippen molar-refractivity contribution in [1.29, 1.82) is 0 Å². The molecule has 0 aromatic carbocycles. The third-order valence-electron chi connectivity index (χ3n) is 2.09. The maximum Gasteiger partial charge on any atom is 0.303 e. The van der Waals surface area contributed by atoms with Crippen LogP contribution in [0.1, 0.15) is 36.3 Å². The average Bonchev–Trinajstić information content (AvgIpc) is 2.28. The predicted molar refractivity (Wildman–Crippen MR) is 48.8 cm³/mol. The molecular formula is C10H14O3. The van der Waals surface area contributed by atoms with Crippen molar-refractivity contribution in [1.82, 2.24) is 0 Å². The molecule has 0 aliphatic rings. The highest BCUT2D eigenvalue weighted by Gasteiger charge is 2.15. The van der Waals surface area contributed by atoms with E-state index in [-0.39, 0.29) is 12.3 Å². The summed E-state index contributed by atoms with van der Waals surface area (Å²) >= 11 is 0. The molecule has 1 atom stereocenters. The zero-order valence-electron chi connectivity index (χ0n) is 8.13. The van der Waals surface area contributed by atoms with Crippen LogP contribution in [0.25, 0.3) is 0 Å². The lowest BCUT2D eigenvalue weighted by Crippen LogP contribution is -2.02. The molecule has 1 aromatic heterocycles. The number of carboxylic acids is 1. The van der Waals surface area contributed by atoms with Crippen molar-refractivity contribution in [3.8, 4) is 0 Å². The van der Waals surface area contributed by atoms with Crippen LogP contribution >= 0.6 is 0 Å². The second kappa shape index (κ2) is 3.64. The van der Waals surface area contributed by atoms with Gasteiger partial charge >= 0.3 is 5.97 Å². The minimum Gasteiger partial charge on any atom is -0.481 e. The van der Waals surface area contributed by atoms with E-state index in [9.17, 15) is 4.79 Å². The van der Waals surface area contributed by atoms with Crippen LogP contribution in [-0.2, 0) is 4.79 Å². The van der Waals surface area contributed by atoms with Gasteiger partial charge in [-0.3, -0.25) is 4.79 Å². The molecule has 72 valence electrons. The Labute approximate surface area is 77.4 Å². The number of aryl methyl sites for hydroxylation is 2. The van der Waals surface area contributed by atoms with Gasteiger partial charge in [0.1, 0.15) is 11.5 Å². The Balaban J connectivity index is 2.81. The lowest BCUT2D eigenvalue weighted by Gasteiger charge is -2.05. The van der Waals surface area contributed by atoms with Crippen molar-refractivity contribution in [2.75, 3.05) is 0 Å². The third-order valence-corrected chi connectivity index (χ3v) is 2.09. The van der Waals surface area contributed by atoms with Crippen molar-refractivity contribution in [3.63, 3.8) is 0 Å². The minimum atomic E-state index is -0.772. The van der Waals surface area contributed by atoms with E-state index in [2.05, 4.69) is 0 Å². The molecule has 0 radical (unpaired) electrons. The summed E-state index contributed by atoms with van der Waals surface area (Å²) in [7, 11) is 0. The summed E-state index contributed by atoms with van der Waals surface area (Å²) in [5.41, 5.74) is 1.000. The van der Waals surface area contributed by atoms with Gasteiger partial charge in [0.25, 0.3) is 0 Å². The molecule has 0 amide bonds. The smallest absolute Gasteiger partial charge is 0.303 e. The Bertz CT molecular complexity index is 312. The Hall–Kier alpha value is -1.25. The summed E-state index contributed by atoms with van der Waals surface area (Å²) in [5, 5.41) is 8.61. The molecular weight excluding hydrogens is 168 g/mol. The van der Waals surface area contributed by atoms with E-state index < -0.39 is 5.97 Å². The number of aliphatic carboxylic acids is 1. The summed E-state index contributed by atoms with van der Waals surface area (Å²) in [4.78, 5) is 10.5. The number of carboxylic acid groups (broad SMARTS) is 1. The van der Waals surface area contributed by atoms with Crippen LogP contribution in [0.5, 0.6) is 0 Å². The first kappa shape index (κ1) is 9.84. The van der Waals surface area contributed by atoms with Gasteiger partial charge in [0, 0.05) is 0 Å². The monoisotopic (exact) mass is 182 g/mol. The van der Waals surface area contributed by atoms with Gasteiger partial charge in [0.15, 0.2) is 0 Å². The molecule has 0 aliphatic carbocycles. The van der Waals surface area contributed by atoms with Crippen LogP contribution in [0.2, 0.25) is 0 Å². The van der Waals surface area contributed by atoms with Crippen LogP contribution < -0.4 is 0 Å². The number of hydrogen-bond acceptors (Lipinski definition) is 2. The SMILES string of the molecule is Cc1cc([C@@H](C)CC(=O)O)c(C)o1. The Kier molecular flexibility index (Phi) is 2.76. The van der Waals surface area contributed by atoms with Gasteiger partial charge in [0.2, 0.25) is 0 Å². The molecule has 1 N–H and O–H groups in total. The molecule has 0 unspecified atom stereocenters. The van der Waals surface area contributed by atoms with Gasteiger partial charge < -0.3 is 9.52 Å². The molecule has 3 nitrogen and oxygen atoms in total. The Morgan fingerprint density at radius 1 is 1.62 bits per heavy atom. The van der Waals surface area contributed by atoms with E-state index in [4.69, 9.17) is 9.52 Å². The normalized spacial score (nSPS) is 12.8. The second-order valence-electron chi connectivity index (χ2n) is 3.37. The summed E-state index contributed by atoms with van der Waals surface area (Å²) in [6, 6.07) is 1.91. The topological polar surface area (TPSA) is 50.4 Å².